The SMILES string of the molecule is CCOc1ccc(NS(=O)(=O)c2cc(NC(=O)c3ccc(OCC)cc3)ccc2OC)cc1. The van der Waals surface area contributed by atoms with Crippen molar-refractivity contribution < 1.29 is 27.4 Å². The minimum Gasteiger partial charge on any atom is -0.495 e. The molecule has 0 bridgehead atoms. The zero-order valence-electron chi connectivity index (χ0n) is 18.6. The first-order valence-corrected chi connectivity index (χ1v) is 11.8. The van der Waals surface area contributed by atoms with E-state index in [9.17, 15) is 13.2 Å². The molecule has 0 aromatic heterocycles. The number of ether oxygens (including phenoxy) is 3. The number of amides is 1. The van der Waals surface area contributed by atoms with E-state index in [0.717, 1.165) is 0 Å². The van der Waals surface area contributed by atoms with Crippen molar-refractivity contribution in [1.82, 2.24) is 0 Å². The highest BCUT2D eigenvalue weighted by Gasteiger charge is 2.21. The number of anilines is 2. The van der Waals surface area contributed by atoms with Crippen molar-refractivity contribution in [2.24, 2.45) is 0 Å². The lowest BCUT2D eigenvalue weighted by Gasteiger charge is -2.14. The highest BCUT2D eigenvalue weighted by molar-refractivity contribution is 7.92. The quantitative estimate of drug-likeness (QED) is 0.451. The smallest absolute Gasteiger partial charge is 0.265 e. The van der Waals surface area contributed by atoms with E-state index in [0.29, 0.717) is 41.7 Å². The van der Waals surface area contributed by atoms with E-state index in [1.807, 2.05) is 13.8 Å². The van der Waals surface area contributed by atoms with Crippen LogP contribution in [-0.4, -0.2) is 34.6 Å². The van der Waals surface area contributed by atoms with Gasteiger partial charge in [-0.2, -0.15) is 0 Å². The Morgan fingerprint density at radius 2 is 1.36 bits per heavy atom. The number of sulfonamides is 1. The Balaban J connectivity index is 1.81. The van der Waals surface area contributed by atoms with Crippen LogP contribution in [0.25, 0.3) is 0 Å². The van der Waals surface area contributed by atoms with Gasteiger partial charge >= 0.3 is 0 Å². The minimum atomic E-state index is -4.00. The summed E-state index contributed by atoms with van der Waals surface area (Å²) in [5.41, 5.74) is 1.08. The zero-order valence-corrected chi connectivity index (χ0v) is 19.4. The number of nitrogens with one attached hydrogen (secondary N) is 2. The summed E-state index contributed by atoms with van der Waals surface area (Å²) in [4.78, 5) is 12.5. The number of rotatable bonds is 10. The molecule has 8 nitrogen and oxygen atoms in total. The Bertz CT molecular complexity index is 1190. The maximum Gasteiger partial charge on any atom is 0.265 e. The molecule has 0 unspecified atom stereocenters. The van der Waals surface area contributed by atoms with Gasteiger partial charge in [0.1, 0.15) is 22.1 Å². The fourth-order valence-electron chi connectivity index (χ4n) is 3.03. The normalized spacial score (nSPS) is 10.9. The summed E-state index contributed by atoms with van der Waals surface area (Å²) in [5.74, 6) is 1.06. The average Bonchev–Trinajstić information content (AvgIpc) is 2.81. The number of methoxy groups -OCH3 is 1. The highest BCUT2D eigenvalue weighted by Crippen LogP contribution is 2.29. The molecule has 3 aromatic rings. The van der Waals surface area contributed by atoms with Crippen molar-refractivity contribution in [3.63, 3.8) is 0 Å². The molecule has 0 fully saturated rings. The molecule has 9 heteroatoms. The number of hydrogen-bond donors (Lipinski definition) is 2. The van der Waals surface area contributed by atoms with Crippen LogP contribution in [0.4, 0.5) is 11.4 Å². The van der Waals surface area contributed by atoms with Gasteiger partial charge in [0, 0.05) is 16.9 Å². The molecule has 0 aliphatic carbocycles. The largest absolute Gasteiger partial charge is 0.495 e. The Hall–Kier alpha value is -3.72. The summed E-state index contributed by atoms with van der Waals surface area (Å²) in [6.45, 7) is 4.78. The Labute approximate surface area is 193 Å². The molecular formula is C24H26N2O6S. The van der Waals surface area contributed by atoms with Crippen LogP contribution in [0, 0.1) is 0 Å². The Kier molecular flexibility index (Phi) is 7.78. The van der Waals surface area contributed by atoms with Crippen LogP contribution < -0.4 is 24.2 Å². The summed E-state index contributed by atoms with van der Waals surface area (Å²) in [6.07, 6.45) is 0. The van der Waals surface area contributed by atoms with E-state index in [2.05, 4.69) is 10.0 Å². The maximum absolute atomic E-state index is 13.0. The van der Waals surface area contributed by atoms with E-state index in [4.69, 9.17) is 14.2 Å². The van der Waals surface area contributed by atoms with Crippen LogP contribution >= 0.6 is 0 Å². The summed E-state index contributed by atoms with van der Waals surface area (Å²) in [7, 11) is -2.62. The molecule has 0 spiro atoms. The fraction of sp³-hybridized carbons (Fsp3) is 0.208. The molecule has 0 saturated carbocycles. The van der Waals surface area contributed by atoms with Gasteiger partial charge in [-0.25, -0.2) is 8.42 Å². The van der Waals surface area contributed by atoms with Crippen LogP contribution in [0.1, 0.15) is 24.2 Å². The molecule has 0 aliphatic rings. The number of carbonyl (C=O) groups excluding carboxylic acids is 1. The van der Waals surface area contributed by atoms with Gasteiger partial charge in [0.15, 0.2) is 0 Å². The lowest BCUT2D eigenvalue weighted by Crippen LogP contribution is -2.16. The lowest BCUT2D eigenvalue weighted by molar-refractivity contribution is 0.102. The summed E-state index contributed by atoms with van der Waals surface area (Å²) in [5, 5.41) is 2.71. The van der Waals surface area contributed by atoms with Crippen molar-refractivity contribution >= 4 is 27.3 Å². The van der Waals surface area contributed by atoms with Gasteiger partial charge in [0.2, 0.25) is 0 Å². The van der Waals surface area contributed by atoms with Crippen LogP contribution in [-0.2, 0) is 10.0 Å². The third kappa shape index (κ3) is 6.17. The second-order valence-electron chi connectivity index (χ2n) is 6.84. The topological polar surface area (TPSA) is 103 Å². The molecule has 1 amide bonds. The average molecular weight is 471 g/mol. The molecule has 3 aromatic carbocycles. The van der Waals surface area contributed by atoms with Crippen LogP contribution in [0.5, 0.6) is 17.2 Å². The third-order valence-corrected chi connectivity index (χ3v) is 5.96. The van der Waals surface area contributed by atoms with Crippen LogP contribution in [0.3, 0.4) is 0 Å². The van der Waals surface area contributed by atoms with E-state index in [-0.39, 0.29) is 16.6 Å². The molecule has 33 heavy (non-hydrogen) atoms. The Morgan fingerprint density at radius 1 is 0.818 bits per heavy atom. The number of carbonyl (C=O) groups is 1. The molecule has 0 radical (unpaired) electrons. The molecule has 0 aliphatic heterocycles. The predicted molar refractivity (Wildman–Crippen MR) is 127 cm³/mol. The summed E-state index contributed by atoms with van der Waals surface area (Å²) >= 11 is 0. The predicted octanol–water partition coefficient (Wildman–Crippen LogP) is 4.55. The van der Waals surface area contributed by atoms with Gasteiger partial charge in [-0.3, -0.25) is 9.52 Å². The number of hydrogen-bond acceptors (Lipinski definition) is 6. The molecule has 0 saturated heterocycles. The Morgan fingerprint density at radius 3 is 1.91 bits per heavy atom. The lowest BCUT2D eigenvalue weighted by atomic mass is 10.2. The maximum atomic E-state index is 13.0. The van der Waals surface area contributed by atoms with Crippen LogP contribution in [0.15, 0.2) is 71.6 Å². The van der Waals surface area contributed by atoms with E-state index in [1.54, 1.807) is 54.6 Å². The van der Waals surface area contributed by atoms with Crippen molar-refractivity contribution in [3.05, 3.63) is 72.3 Å². The second-order valence-corrected chi connectivity index (χ2v) is 8.49. The summed E-state index contributed by atoms with van der Waals surface area (Å²) < 4.78 is 44.6. The zero-order chi connectivity index (χ0) is 23.8. The minimum absolute atomic E-state index is 0.108. The van der Waals surface area contributed by atoms with Gasteiger partial charge < -0.3 is 19.5 Å². The third-order valence-electron chi connectivity index (χ3n) is 4.56. The van der Waals surface area contributed by atoms with Crippen molar-refractivity contribution in [2.45, 2.75) is 18.7 Å². The van der Waals surface area contributed by atoms with Gasteiger partial charge in [0.25, 0.3) is 15.9 Å². The van der Waals surface area contributed by atoms with Gasteiger partial charge in [-0.05, 0) is 80.6 Å². The van der Waals surface area contributed by atoms with Crippen molar-refractivity contribution in [2.75, 3.05) is 30.4 Å². The van der Waals surface area contributed by atoms with E-state index >= 15 is 0 Å². The van der Waals surface area contributed by atoms with Gasteiger partial charge in [0.05, 0.1) is 20.3 Å². The van der Waals surface area contributed by atoms with E-state index in [1.165, 1.54) is 19.2 Å². The highest BCUT2D eigenvalue weighted by atomic mass is 32.2. The molecular weight excluding hydrogens is 444 g/mol. The van der Waals surface area contributed by atoms with Crippen molar-refractivity contribution in [1.29, 1.82) is 0 Å². The second kappa shape index (κ2) is 10.7. The fourth-order valence-corrected chi connectivity index (χ4v) is 4.29. The standard InChI is InChI=1S/C24H26N2O6S/c1-4-31-20-11-6-17(7-12-20)24(27)25-19-10-15-22(30-3)23(16-19)33(28,29)26-18-8-13-21(14-9-18)32-5-2/h6-16,26H,4-5H2,1-3H3,(H,25,27). The summed E-state index contributed by atoms with van der Waals surface area (Å²) in [6, 6.07) is 17.6. The first kappa shape index (κ1) is 23.9. The van der Waals surface area contributed by atoms with Crippen LogP contribution in [0.2, 0.25) is 0 Å². The first-order chi connectivity index (χ1) is 15.9. The monoisotopic (exact) mass is 470 g/mol. The first-order valence-electron chi connectivity index (χ1n) is 10.3. The van der Waals surface area contributed by atoms with E-state index < -0.39 is 10.0 Å². The molecule has 2 N–H and O–H groups in total. The van der Waals surface area contributed by atoms with Crippen molar-refractivity contribution in [3.8, 4) is 17.2 Å². The number of benzene rings is 3. The van der Waals surface area contributed by atoms with Gasteiger partial charge in [-0.1, -0.05) is 0 Å². The molecule has 3 rings (SSSR count). The van der Waals surface area contributed by atoms with Gasteiger partial charge in [-0.15, -0.1) is 0 Å². The molecule has 174 valence electrons. The molecule has 0 heterocycles. The molecule has 0 atom stereocenters.